The van der Waals surface area contributed by atoms with Crippen LogP contribution in [0.4, 0.5) is 0 Å². The van der Waals surface area contributed by atoms with Crippen LogP contribution in [-0.2, 0) is 11.3 Å². The predicted molar refractivity (Wildman–Crippen MR) is 88.0 cm³/mol. The molecule has 1 aromatic heterocycles. The van der Waals surface area contributed by atoms with Crippen LogP contribution in [0.5, 0.6) is 0 Å². The van der Waals surface area contributed by atoms with Crippen LogP contribution in [0.1, 0.15) is 57.1 Å². The van der Waals surface area contributed by atoms with Crippen molar-refractivity contribution in [1.29, 1.82) is 0 Å². The summed E-state index contributed by atoms with van der Waals surface area (Å²) in [5.41, 5.74) is 1.21. The normalized spacial score (nSPS) is 25.9. The fourth-order valence-corrected chi connectivity index (χ4v) is 3.09. The van der Waals surface area contributed by atoms with Gasteiger partial charge in [-0.1, -0.05) is 44.2 Å². The maximum atomic E-state index is 6.09. The zero-order valence-corrected chi connectivity index (χ0v) is 14.3. The lowest BCUT2D eigenvalue weighted by atomic mass is 9.98. The van der Waals surface area contributed by atoms with E-state index in [2.05, 4.69) is 67.1 Å². The molecule has 124 valence electrons. The van der Waals surface area contributed by atoms with Crippen molar-refractivity contribution < 1.29 is 9.15 Å². The Morgan fingerprint density at radius 3 is 2.57 bits per heavy atom. The molecule has 0 spiro atoms. The Morgan fingerprint density at radius 1 is 1.17 bits per heavy atom. The van der Waals surface area contributed by atoms with E-state index in [-0.39, 0.29) is 18.1 Å². The van der Waals surface area contributed by atoms with Gasteiger partial charge in [-0.15, -0.1) is 10.2 Å². The molecule has 0 aliphatic carbocycles. The van der Waals surface area contributed by atoms with Crippen molar-refractivity contribution in [3.8, 4) is 0 Å². The molecule has 2 heterocycles. The Morgan fingerprint density at radius 2 is 1.91 bits per heavy atom. The van der Waals surface area contributed by atoms with Crippen LogP contribution in [0.2, 0.25) is 0 Å². The SMILES string of the molecule is CC(C)c1nnc(CN2[C@H](C)CO[C@H](c3ccccc3)[C@@H]2C)o1. The van der Waals surface area contributed by atoms with Crippen molar-refractivity contribution in [2.24, 2.45) is 0 Å². The van der Waals surface area contributed by atoms with E-state index in [4.69, 9.17) is 9.15 Å². The molecule has 0 saturated carbocycles. The summed E-state index contributed by atoms with van der Waals surface area (Å²) in [7, 11) is 0. The summed E-state index contributed by atoms with van der Waals surface area (Å²) in [5, 5.41) is 8.33. The molecule has 5 nitrogen and oxygen atoms in total. The molecule has 1 saturated heterocycles. The van der Waals surface area contributed by atoms with Gasteiger partial charge in [0, 0.05) is 18.0 Å². The third-order valence-electron chi connectivity index (χ3n) is 4.47. The summed E-state index contributed by atoms with van der Waals surface area (Å²) in [6, 6.07) is 11.0. The summed E-state index contributed by atoms with van der Waals surface area (Å²) >= 11 is 0. The molecule has 2 aromatic rings. The number of rotatable bonds is 4. The van der Waals surface area contributed by atoms with Gasteiger partial charge < -0.3 is 9.15 Å². The highest BCUT2D eigenvalue weighted by Crippen LogP contribution is 2.31. The van der Waals surface area contributed by atoms with Gasteiger partial charge in [-0.3, -0.25) is 4.90 Å². The Hall–Kier alpha value is -1.72. The van der Waals surface area contributed by atoms with Gasteiger partial charge in [0.25, 0.3) is 0 Å². The third kappa shape index (κ3) is 3.46. The standard InChI is InChI=1S/C18H25N3O2/c1-12(2)18-20-19-16(23-18)10-21-13(3)11-22-17(14(21)4)15-8-6-5-7-9-15/h5-9,12-14,17H,10-11H2,1-4H3/t13-,14+,17+/m1/s1. The second-order valence-electron chi connectivity index (χ2n) is 6.62. The zero-order valence-electron chi connectivity index (χ0n) is 14.3. The average molecular weight is 315 g/mol. The molecule has 0 bridgehead atoms. The minimum absolute atomic E-state index is 0.0693. The number of ether oxygens (including phenoxy) is 1. The van der Waals surface area contributed by atoms with Gasteiger partial charge in [-0.05, 0) is 19.4 Å². The van der Waals surface area contributed by atoms with Gasteiger partial charge >= 0.3 is 0 Å². The maximum absolute atomic E-state index is 6.09. The molecule has 1 aromatic carbocycles. The maximum Gasteiger partial charge on any atom is 0.230 e. The van der Waals surface area contributed by atoms with E-state index in [1.807, 2.05) is 6.07 Å². The number of benzene rings is 1. The molecular formula is C18H25N3O2. The highest BCUT2D eigenvalue weighted by molar-refractivity contribution is 5.19. The van der Waals surface area contributed by atoms with Gasteiger partial charge in [0.1, 0.15) is 0 Å². The lowest BCUT2D eigenvalue weighted by molar-refractivity contribution is -0.102. The fraction of sp³-hybridized carbons (Fsp3) is 0.556. The molecule has 1 aliphatic heterocycles. The molecule has 5 heteroatoms. The third-order valence-corrected chi connectivity index (χ3v) is 4.47. The quantitative estimate of drug-likeness (QED) is 0.863. The highest BCUT2D eigenvalue weighted by Gasteiger charge is 2.35. The summed E-state index contributed by atoms with van der Waals surface area (Å²) in [6.45, 7) is 9.86. The largest absolute Gasteiger partial charge is 0.424 e. The first-order valence-electron chi connectivity index (χ1n) is 8.31. The highest BCUT2D eigenvalue weighted by atomic mass is 16.5. The Labute approximate surface area is 137 Å². The number of nitrogens with zero attached hydrogens (tertiary/aromatic N) is 3. The number of hydrogen-bond acceptors (Lipinski definition) is 5. The average Bonchev–Trinajstić information content (AvgIpc) is 3.01. The topological polar surface area (TPSA) is 51.4 Å². The van der Waals surface area contributed by atoms with Gasteiger partial charge in [0.15, 0.2) is 0 Å². The molecule has 23 heavy (non-hydrogen) atoms. The zero-order chi connectivity index (χ0) is 16.4. The Kier molecular flexibility index (Phi) is 4.78. The van der Waals surface area contributed by atoms with Gasteiger partial charge in [0.05, 0.1) is 19.3 Å². The molecule has 0 amide bonds. The van der Waals surface area contributed by atoms with E-state index in [0.29, 0.717) is 31.0 Å². The molecule has 1 fully saturated rings. The van der Waals surface area contributed by atoms with Crippen molar-refractivity contribution in [2.75, 3.05) is 6.61 Å². The Balaban J connectivity index is 1.76. The van der Waals surface area contributed by atoms with Crippen LogP contribution in [0.15, 0.2) is 34.7 Å². The molecule has 0 radical (unpaired) electrons. The van der Waals surface area contributed by atoms with E-state index < -0.39 is 0 Å². The molecular weight excluding hydrogens is 290 g/mol. The monoisotopic (exact) mass is 315 g/mol. The summed E-state index contributed by atoms with van der Waals surface area (Å²) in [5.74, 6) is 1.64. The van der Waals surface area contributed by atoms with Crippen molar-refractivity contribution >= 4 is 0 Å². The van der Waals surface area contributed by atoms with E-state index >= 15 is 0 Å². The van der Waals surface area contributed by atoms with Gasteiger partial charge in [-0.2, -0.15) is 0 Å². The summed E-state index contributed by atoms with van der Waals surface area (Å²) in [6.07, 6.45) is 0.0693. The molecule has 0 unspecified atom stereocenters. The molecule has 1 aliphatic rings. The van der Waals surface area contributed by atoms with Crippen LogP contribution in [0.3, 0.4) is 0 Å². The first-order valence-corrected chi connectivity index (χ1v) is 8.31. The smallest absolute Gasteiger partial charge is 0.230 e. The first kappa shape index (κ1) is 16.1. The van der Waals surface area contributed by atoms with Crippen LogP contribution in [0, 0.1) is 0 Å². The molecule has 3 atom stereocenters. The fourth-order valence-electron chi connectivity index (χ4n) is 3.09. The number of aromatic nitrogens is 2. The van der Waals surface area contributed by atoms with E-state index in [1.165, 1.54) is 5.56 Å². The number of morpholine rings is 1. The second-order valence-corrected chi connectivity index (χ2v) is 6.62. The van der Waals surface area contributed by atoms with Crippen LogP contribution in [0.25, 0.3) is 0 Å². The lowest BCUT2D eigenvalue weighted by Gasteiger charge is -2.43. The van der Waals surface area contributed by atoms with Gasteiger partial charge in [-0.25, -0.2) is 0 Å². The van der Waals surface area contributed by atoms with Crippen LogP contribution < -0.4 is 0 Å². The van der Waals surface area contributed by atoms with Crippen molar-refractivity contribution in [3.05, 3.63) is 47.7 Å². The van der Waals surface area contributed by atoms with Crippen molar-refractivity contribution in [3.63, 3.8) is 0 Å². The minimum Gasteiger partial charge on any atom is -0.424 e. The molecule has 3 rings (SSSR count). The first-order chi connectivity index (χ1) is 11.1. The lowest BCUT2D eigenvalue weighted by Crippen LogP contribution is -2.50. The van der Waals surface area contributed by atoms with E-state index in [9.17, 15) is 0 Å². The van der Waals surface area contributed by atoms with Crippen LogP contribution in [-0.4, -0.2) is 33.8 Å². The van der Waals surface area contributed by atoms with Crippen molar-refractivity contribution in [2.45, 2.75) is 58.3 Å². The summed E-state index contributed by atoms with van der Waals surface area (Å²) in [4.78, 5) is 2.39. The van der Waals surface area contributed by atoms with E-state index in [0.717, 1.165) is 0 Å². The minimum atomic E-state index is 0.0693. The Bertz CT molecular complexity index is 626. The predicted octanol–water partition coefficient (Wildman–Crippen LogP) is 3.54. The van der Waals surface area contributed by atoms with E-state index in [1.54, 1.807) is 0 Å². The summed E-state index contributed by atoms with van der Waals surface area (Å²) < 4.78 is 11.9. The number of hydrogen-bond donors (Lipinski definition) is 0. The van der Waals surface area contributed by atoms with Crippen LogP contribution >= 0.6 is 0 Å². The van der Waals surface area contributed by atoms with Crippen molar-refractivity contribution in [1.82, 2.24) is 15.1 Å². The second kappa shape index (κ2) is 6.81. The molecule has 0 N–H and O–H groups in total. The van der Waals surface area contributed by atoms with Gasteiger partial charge in [0.2, 0.25) is 11.8 Å².